The summed E-state index contributed by atoms with van der Waals surface area (Å²) >= 11 is 0. The largest absolute Gasteiger partial charge is 0.497 e. The second kappa shape index (κ2) is 9.23. The number of esters is 1. The van der Waals surface area contributed by atoms with Crippen LogP contribution in [0.5, 0.6) is 5.75 Å². The first kappa shape index (κ1) is 19.0. The number of benzene rings is 2. The molecule has 0 spiro atoms. The molecular formula is C22H19NO5. The average Bonchev–Trinajstić information content (AvgIpc) is 3.25. The molecule has 0 unspecified atom stereocenters. The van der Waals surface area contributed by atoms with Crippen LogP contribution in [0.1, 0.15) is 17.4 Å². The zero-order valence-electron chi connectivity index (χ0n) is 15.2. The molecule has 0 aliphatic rings. The lowest BCUT2D eigenvalue weighted by Gasteiger charge is -2.17. The van der Waals surface area contributed by atoms with Gasteiger partial charge < -0.3 is 19.2 Å². The Balaban J connectivity index is 1.76. The number of methoxy groups -OCH3 is 1. The van der Waals surface area contributed by atoms with E-state index >= 15 is 0 Å². The predicted molar refractivity (Wildman–Crippen MR) is 105 cm³/mol. The number of anilines is 1. The maximum Gasteiger partial charge on any atom is 0.332 e. The average molecular weight is 377 g/mol. The van der Waals surface area contributed by atoms with Crippen molar-refractivity contribution in [3.05, 3.63) is 90.4 Å². The van der Waals surface area contributed by atoms with Gasteiger partial charge in [-0.2, -0.15) is 0 Å². The Labute approximate surface area is 162 Å². The van der Waals surface area contributed by atoms with E-state index in [0.717, 1.165) is 0 Å². The molecule has 28 heavy (non-hydrogen) atoms. The molecule has 0 fully saturated rings. The molecule has 0 saturated carbocycles. The molecule has 142 valence electrons. The first-order valence-electron chi connectivity index (χ1n) is 8.58. The van der Waals surface area contributed by atoms with Crippen molar-refractivity contribution in [3.63, 3.8) is 0 Å². The van der Waals surface area contributed by atoms with Crippen molar-refractivity contribution in [2.45, 2.75) is 6.10 Å². The molecule has 1 amide bonds. The molecule has 0 aliphatic heterocycles. The summed E-state index contributed by atoms with van der Waals surface area (Å²) < 4.78 is 15.7. The highest BCUT2D eigenvalue weighted by atomic mass is 16.5. The molecule has 1 atom stereocenters. The van der Waals surface area contributed by atoms with Gasteiger partial charge in [-0.1, -0.05) is 36.4 Å². The van der Waals surface area contributed by atoms with Gasteiger partial charge in [0.05, 0.1) is 13.4 Å². The van der Waals surface area contributed by atoms with Crippen molar-refractivity contribution in [2.75, 3.05) is 12.4 Å². The second-order valence-electron chi connectivity index (χ2n) is 5.80. The number of ether oxygens (including phenoxy) is 2. The Hall–Kier alpha value is -3.80. The van der Waals surface area contributed by atoms with Crippen LogP contribution in [0.2, 0.25) is 0 Å². The molecule has 3 aromatic rings. The van der Waals surface area contributed by atoms with E-state index in [0.29, 0.717) is 22.8 Å². The minimum absolute atomic E-state index is 0.473. The summed E-state index contributed by atoms with van der Waals surface area (Å²) in [5.41, 5.74) is 1.09. The van der Waals surface area contributed by atoms with Crippen LogP contribution in [0.15, 0.2) is 83.5 Å². The van der Waals surface area contributed by atoms with Crippen molar-refractivity contribution >= 4 is 23.6 Å². The number of hydrogen-bond donors (Lipinski definition) is 1. The zero-order valence-corrected chi connectivity index (χ0v) is 15.2. The Kier molecular flexibility index (Phi) is 6.25. The maximum absolute atomic E-state index is 12.8. The van der Waals surface area contributed by atoms with Gasteiger partial charge in [0.2, 0.25) is 6.10 Å². The normalized spacial score (nSPS) is 11.8. The summed E-state index contributed by atoms with van der Waals surface area (Å²) in [5, 5.41) is 2.75. The number of carbonyl (C=O) groups is 2. The second-order valence-corrected chi connectivity index (χ2v) is 5.80. The number of hydrogen-bond acceptors (Lipinski definition) is 5. The molecule has 2 aromatic carbocycles. The molecule has 0 bridgehead atoms. The smallest absolute Gasteiger partial charge is 0.332 e. The molecule has 0 saturated heterocycles. The van der Waals surface area contributed by atoms with Gasteiger partial charge in [-0.25, -0.2) is 4.79 Å². The van der Waals surface area contributed by atoms with Crippen LogP contribution < -0.4 is 10.1 Å². The van der Waals surface area contributed by atoms with Crippen LogP contribution in [-0.2, 0) is 14.3 Å². The van der Waals surface area contributed by atoms with Crippen molar-refractivity contribution in [2.24, 2.45) is 0 Å². The lowest BCUT2D eigenvalue weighted by molar-refractivity contribution is -0.149. The third-order valence-corrected chi connectivity index (χ3v) is 3.84. The van der Waals surface area contributed by atoms with Crippen LogP contribution in [-0.4, -0.2) is 19.0 Å². The van der Waals surface area contributed by atoms with Gasteiger partial charge in [-0.3, -0.25) is 4.79 Å². The van der Waals surface area contributed by atoms with E-state index in [1.54, 1.807) is 67.8 Å². The van der Waals surface area contributed by atoms with Crippen LogP contribution in [0.4, 0.5) is 5.69 Å². The van der Waals surface area contributed by atoms with E-state index in [4.69, 9.17) is 13.9 Å². The minimum atomic E-state index is -1.11. The Morgan fingerprint density at radius 2 is 1.86 bits per heavy atom. The van der Waals surface area contributed by atoms with Crippen molar-refractivity contribution in [1.82, 2.24) is 0 Å². The summed E-state index contributed by atoms with van der Waals surface area (Å²) in [4.78, 5) is 25.0. The molecule has 0 radical (unpaired) electrons. The first-order chi connectivity index (χ1) is 13.7. The monoisotopic (exact) mass is 377 g/mol. The Bertz CT molecular complexity index is 948. The number of carbonyl (C=O) groups excluding carboxylic acids is 2. The van der Waals surface area contributed by atoms with E-state index in [1.807, 2.05) is 6.07 Å². The van der Waals surface area contributed by atoms with Crippen molar-refractivity contribution < 1.29 is 23.5 Å². The van der Waals surface area contributed by atoms with Gasteiger partial charge >= 0.3 is 5.97 Å². The maximum atomic E-state index is 12.8. The first-order valence-corrected chi connectivity index (χ1v) is 8.58. The van der Waals surface area contributed by atoms with Gasteiger partial charge in [0.15, 0.2) is 0 Å². The van der Waals surface area contributed by atoms with Crippen molar-refractivity contribution in [3.8, 4) is 5.75 Å². The van der Waals surface area contributed by atoms with Crippen molar-refractivity contribution in [1.29, 1.82) is 0 Å². The van der Waals surface area contributed by atoms with Gasteiger partial charge in [-0.15, -0.1) is 0 Å². The fourth-order valence-electron chi connectivity index (χ4n) is 2.50. The van der Waals surface area contributed by atoms with Crippen LogP contribution in [0.3, 0.4) is 0 Å². The highest BCUT2D eigenvalue weighted by molar-refractivity contribution is 5.97. The SMILES string of the molecule is COc1cccc(NC(=O)[C@H](OC(=O)/C=C/c2ccco2)c2ccccc2)c1. The van der Waals surface area contributed by atoms with Gasteiger partial charge in [0, 0.05) is 23.4 Å². The number of furan rings is 1. The van der Waals surface area contributed by atoms with E-state index in [1.165, 1.54) is 18.4 Å². The molecular weight excluding hydrogens is 358 g/mol. The fourth-order valence-corrected chi connectivity index (χ4v) is 2.50. The van der Waals surface area contributed by atoms with Gasteiger partial charge in [-0.05, 0) is 30.3 Å². The summed E-state index contributed by atoms with van der Waals surface area (Å²) in [7, 11) is 1.54. The summed E-state index contributed by atoms with van der Waals surface area (Å²) in [6, 6.07) is 19.1. The molecule has 3 rings (SSSR count). The van der Waals surface area contributed by atoms with Crippen LogP contribution in [0, 0.1) is 0 Å². The topological polar surface area (TPSA) is 77.8 Å². The number of rotatable bonds is 7. The zero-order chi connectivity index (χ0) is 19.8. The summed E-state index contributed by atoms with van der Waals surface area (Å²) in [6.45, 7) is 0. The predicted octanol–water partition coefficient (Wildman–Crippen LogP) is 4.22. The molecule has 6 heteroatoms. The van der Waals surface area contributed by atoms with E-state index in [2.05, 4.69) is 5.32 Å². The minimum Gasteiger partial charge on any atom is -0.497 e. The van der Waals surface area contributed by atoms with Crippen LogP contribution in [0.25, 0.3) is 6.08 Å². The number of amides is 1. The third-order valence-electron chi connectivity index (χ3n) is 3.84. The number of nitrogens with one attached hydrogen (secondary N) is 1. The fraction of sp³-hybridized carbons (Fsp3) is 0.0909. The summed E-state index contributed by atoms with van der Waals surface area (Å²) in [5.74, 6) is -0.0215. The molecule has 1 N–H and O–H groups in total. The van der Waals surface area contributed by atoms with E-state index in [-0.39, 0.29) is 0 Å². The van der Waals surface area contributed by atoms with Gasteiger partial charge in [0.1, 0.15) is 11.5 Å². The summed E-state index contributed by atoms with van der Waals surface area (Å²) in [6.07, 6.45) is 3.08. The molecule has 1 aromatic heterocycles. The highest BCUT2D eigenvalue weighted by Gasteiger charge is 2.24. The van der Waals surface area contributed by atoms with Gasteiger partial charge in [0.25, 0.3) is 5.91 Å². The molecule has 1 heterocycles. The Morgan fingerprint density at radius 1 is 1.04 bits per heavy atom. The van der Waals surface area contributed by atoms with E-state index < -0.39 is 18.0 Å². The van der Waals surface area contributed by atoms with E-state index in [9.17, 15) is 9.59 Å². The molecule has 0 aliphatic carbocycles. The van der Waals surface area contributed by atoms with Crippen LogP contribution >= 0.6 is 0 Å². The standard InChI is InChI=1S/C22H19NO5/c1-26-19-10-5-9-17(15-19)23-22(25)21(16-7-3-2-4-8-16)28-20(24)13-12-18-11-6-14-27-18/h2-15,21H,1H3,(H,23,25)/b13-12+/t21-/m1/s1. The quantitative estimate of drug-likeness (QED) is 0.493. The Morgan fingerprint density at radius 3 is 2.57 bits per heavy atom. The molecule has 6 nitrogen and oxygen atoms in total. The lowest BCUT2D eigenvalue weighted by atomic mass is 10.1. The third kappa shape index (κ3) is 5.11. The highest BCUT2D eigenvalue weighted by Crippen LogP contribution is 2.22. The lowest BCUT2D eigenvalue weighted by Crippen LogP contribution is -2.25.